The molecular weight excluding hydrogens is 292 g/mol. The smallest absolute Gasteiger partial charge is 0.264 e. The zero-order valence-corrected chi connectivity index (χ0v) is 13.6. The third-order valence-corrected chi connectivity index (χ3v) is 5.77. The summed E-state index contributed by atoms with van der Waals surface area (Å²) in [5, 5.41) is 0. The number of rotatable bonds is 2. The molecular formula is C18H20N2OS. The van der Waals surface area contributed by atoms with Gasteiger partial charge in [0.15, 0.2) is 0 Å². The van der Waals surface area contributed by atoms with Crippen LogP contribution < -0.4 is 0 Å². The quantitative estimate of drug-likeness (QED) is 0.851. The first-order valence-electron chi connectivity index (χ1n) is 7.87. The topological polar surface area (TPSA) is 23.6 Å². The summed E-state index contributed by atoms with van der Waals surface area (Å²) in [6.45, 7) is 5.93. The lowest BCUT2D eigenvalue weighted by atomic mass is 9.96. The second-order valence-corrected chi connectivity index (χ2v) is 7.55. The number of nitrogens with zero attached hydrogens (tertiary/aromatic N) is 2. The number of thiophene rings is 1. The summed E-state index contributed by atoms with van der Waals surface area (Å²) in [5.41, 5.74) is 2.94. The SMILES string of the molecule is Cc1ccc(C(=O)N2CC(N3CCc4ccccc4C3)C2)s1. The van der Waals surface area contributed by atoms with Crippen molar-refractivity contribution in [3.05, 3.63) is 57.3 Å². The van der Waals surface area contributed by atoms with Crippen LogP contribution in [-0.2, 0) is 13.0 Å². The molecule has 1 saturated heterocycles. The summed E-state index contributed by atoms with van der Waals surface area (Å²) in [5.74, 6) is 0.201. The summed E-state index contributed by atoms with van der Waals surface area (Å²) in [6, 6.07) is 13.2. The van der Waals surface area contributed by atoms with Gasteiger partial charge in [0, 0.05) is 37.1 Å². The second-order valence-electron chi connectivity index (χ2n) is 6.26. The summed E-state index contributed by atoms with van der Waals surface area (Å²) < 4.78 is 0. The molecule has 4 heteroatoms. The third-order valence-electron chi connectivity index (χ3n) is 4.78. The monoisotopic (exact) mass is 312 g/mol. The van der Waals surface area contributed by atoms with Crippen LogP contribution >= 0.6 is 11.3 Å². The molecule has 2 aliphatic rings. The number of likely N-dealkylation sites (tertiary alicyclic amines) is 1. The van der Waals surface area contributed by atoms with Gasteiger partial charge in [0.25, 0.3) is 5.91 Å². The maximum Gasteiger partial charge on any atom is 0.264 e. The molecule has 1 amide bonds. The first-order chi connectivity index (χ1) is 10.7. The molecule has 0 N–H and O–H groups in total. The molecule has 114 valence electrons. The predicted molar refractivity (Wildman–Crippen MR) is 89.3 cm³/mol. The van der Waals surface area contributed by atoms with Gasteiger partial charge in [-0.1, -0.05) is 24.3 Å². The van der Waals surface area contributed by atoms with E-state index in [9.17, 15) is 4.79 Å². The van der Waals surface area contributed by atoms with Crippen molar-refractivity contribution < 1.29 is 4.79 Å². The van der Waals surface area contributed by atoms with E-state index in [4.69, 9.17) is 0 Å². The lowest BCUT2D eigenvalue weighted by Crippen LogP contribution is -2.61. The number of fused-ring (bicyclic) bond motifs is 1. The largest absolute Gasteiger partial charge is 0.335 e. The van der Waals surface area contributed by atoms with Crippen molar-refractivity contribution in [1.29, 1.82) is 0 Å². The van der Waals surface area contributed by atoms with Gasteiger partial charge in [0.1, 0.15) is 0 Å². The Bertz CT molecular complexity index is 703. The van der Waals surface area contributed by atoms with E-state index in [0.29, 0.717) is 6.04 Å². The summed E-state index contributed by atoms with van der Waals surface area (Å²) in [7, 11) is 0. The highest BCUT2D eigenvalue weighted by atomic mass is 32.1. The Morgan fingerprint density at radius 2 is 1.91 bits per heavy atom. The normalized spacial score (nSPS) is 18.9. The molecule has 0 bridgehead atoms. The van der Waals surface area contributed by atoms with Gasteiger partial charge >= 0.3 is 0 Å². The fourth-order valence-corrected chi connectivity index (χ4v) is 4.22. The van der Waals surface area contributed by atoms with Crippen LogP contribution in [0.2, 0.25) is 0 Å². The first kappa shape index (κ1) is 14.0. The number of hydrogen-bond donors (Lipinski definition) is 0. The number of amides is 1. The van der Waals surface area contributed by atoms with Crippen LogP contribution in [0.15, 0.2) is 36.4 Å². The van der Waals surface area contributed by atoms with Crippen LogP contribution in [0, 0.1) is 6.92 Å². The Morgan fingerprint density at radius 3 is 2.64 bits per heavy atom. The Kier molecular flexibility index (Phi) is 3.51. The minimum atomic E-state index is 0.201. The molecule has 0 spiro atoms. The molecule has 1 fully saturated rings. The van der Waals surface area contributed by atoms with Gasteiger partial charge in [0.05, 0.1) is 4.88 Å². The minimum absolute atomic E-state index is 0.201. The van der Waals surface area contributed by atoms with Crippen LogP contribution in [0.5, 0.6) is 0 Å². The number of hydrogen-bond acceptors (Lipinski definition) is 3. The predicted octanol–water partition coefficient (Wildman–Crippen LogP) is 2.94. The zero-order valence-electron chi connectivity index (χ0n) is 12.8. The fraction of sp³-hybridized carbons (Fsp3) is 0.389. The minimum Gasteiger partial charge on any atom is -0.335 e. The molecule has 1 aromatic heterocycles. The van der Waals surface area contributed by atoms with Crippen LogP contribution in [0.1, 0.15) is 25.7 Å². The van der Waals surface area contributed by atoms with E-state index in [-0.39, 0.29) is 5.91 Å². The van der Waals surface area contributed by atoms with Crippen molar-refractivity contribution in [3.8, 4) is 0 Å². The van der Waals surface area contributed by atoms with Gasteiger partial charge in [-0.05, 0) is 36.6 Å². The van der Waals surface area contributed by atoms with E-state index in [2.05, 4.69) is 29.2 Å². The molecule has 0 saturated carbocycles. The van der Waals surface area contributed by atoms with Gasteiger partial charge in [-0.2, -0.15) is 0 Å². The van der Waals surface area contributed by atoms with E-state index >= 15 is 0 Å². The van der Waals surface area contributed by atoms with Crippen molar-refractivity contribution >= 4 is 17.2 Å². The summed E-state index contributed by atoms with van der Waals surface area (Å²) in [6.07, 6.45) is 1.13. The maximum atomic E-state index is 12.4. The summed E-state index contributed by atoms with van der Waals surface area (Å²) in [4.78, 5) is 19.0. The Labute approximate surface area is 135 Å². The fourth-order valence-electron chi connectivity index (χ4n) is 3.39. The van der Waals surface area contributed by atoms with Gasteiger partial charge < -0.3 is 4.90 Å². The average Bonchev–Trinajstić information content (AvgIpc) is 2.92. The van der Waals surface area contributed by atoms with E-state index in [1.54, 1.807) is 11.3 Å². The van der Waals surface area contributed by atoms with Crippen LogP contribution in [0.4, 0.5) is 0 Å². The molecule has 1 aromatic carbocycles. The van der Waals surface area contributed by atoms with Crippen molar-refractivity contribution in [2.75, 3.05) is 19.6 Å². The van der Waals surface area contributed by atoms with Gasteiger partial charge in [0.2, 0.25) is 0 Å². The number of aryl methyl sites for hydroxylation is 1. The van der Waals surface area contributed by atoms with Gasteiger partial charge in [-0.25, -0.2) is 0 Å². The van der Waals surface area contributed by atoms with Crippen molar-refractivity contribution in [1.82, 2.24) is 9.80 Å². The highest BCUT2D eigenvalue weighted by Gasteiger charge is 2.36. The van der Waals surface area contributed by atoms with Crippen molar-refractivity contribution in [3.63, 3.8) is 0 Å². The Morgan fingerprint density at radius 1 is 1.14 bits per heavy atom. The number of carbonyl (C=O) groups excluding carboxylic acids is 1. The van der Waals surface area contributed by atoms with Gasteiger partial charge in [-0.15, -0.1) is 11.3 Å². The molecule has 2 aliphatic heterocycles. The van der Waals surface area contributed by atoms with E-state index in [0.717, 1.165) is 37.5 Å². The highest BCUT2D eigenvalue weighted by molar-refractivity contribution is 7.13. The number of carbonyl (C=O) groups is 1. The molecule has 2 aromatic rings. The molecule has 0 aliphatic carbocycles. The van der Waals surface area contributed by atoms with E-state index < -0.39 is 0 Å². The molecule has 22 heavy (non-hydrogen) atoms. The van der Waals surface area contributed by atoms with Crippen molar-refractivity contribution in [2.45, 2.75) is 25.9 Å². The van der Waals surface area contributed by atoms with Gasteiger partial charge in [-0.3, -0.25) is 9.69 Å². The van der Waals surface area contributed by atoms with Crippen LogP contribution in [0.25, 0.3) is 0 Å². The molecule has 4 rings (SSSR count). The summed E-state index contributed by atoms with van der Waals surface area (Å²) >= 11 is 1.60. The Hall–Kier alpha value is -1.65. The average molecular weight is 312 g/mol. The molecule has 0 radical (unpaired) electrons. The number of benzene rings is 1. The van der Waals surface area contributed by atoms with E-state index in [1.165, 1.54) is 16.0 Å². The van der Waals surface area contributed by atoms with Crippen LogP contribution in [0.3, 0.4) is 0 Å². The standard InChI is InChI=1S/C18H20N2OS/c1-13-6-7-17(22-13)18(21)20-11-16(12-20)19-9-8-14-4-2-3-5-15(14)10-19/h2-7,16H,8-12H2,1H3. The maximum absolute atomic E-state index is 12.4. The lowest BCUT2D eigenvalue weighted by Gasteiger charge is -2.46. The first-order valence-corrected chi connectivity index (χ1v) is 8.69. The Balaban J connectivity index is 1.37. The molecule has 0 atom stereocenters. The van der Waals surface area contributed by atoms with Crippen LogP contribution in [-0.4, -0.2) is 41.4 Å². The second kappa shape index (κ2) is 5.52. The van der Waals surface area contributed by atoms with E-state index in [1.807, 2.05) is 24.0 Å². The van der Waals surface area contributed by atoms with Crippen molar-refractivity contribution in [2.24, 2.45) is 0 Å². The zero-order chi connectivity index (χ0) is 15.1. The molecule has 0 unspecified atom stereocenters. The molecule has 3 nitrogen and oxygen atoms in total. The molecule has 3 heterocycles. The highest BCUT2D eigenvalue weighted by Crippen LogP contribution is 2.26. The third kappa shape index (κ3) is 2.46. The lowest BCUT2D eigenvalue weighted by molar-refractivity contribution is 0.0222.